The molecule has 3 heteroatoms. The largest absolute Gasteiger partial charge is 0.388 e. The first-order valence-corrected chi connectivity index (χ1v) is 5.42. The van der Waals surface area contributed by atoms with E-state index in [2.05, 4.69) is 13.8 Å². The van der Waals surface area contributed by atoms with Gasteiger partial charge in [-0.1, -0.05) is 13.8 Å². The van der Waals surface area contributed by atoms with E-state index < -0.39 is 0 Å². The van der Waals surface area contributed by atoms with E-state index in [0.717, 1.165) is 16.2 Å². The SMILES string of the molecule is CC(C)CC(O)c1ccc(CN)s1. The molecule has 1 atom stereocenters. The third-order valence-corrected chi connectivity index (χ3v) is 3.12. The molecule has 1 unspecified atom stereocenters. The van der Waals surface area contributed by atoms with Crippen LogP contribution in [0.5, 0.6) is 0 Å². The second kappa shape index (κ2) is 4.74. The van der Waals surface area contributed by atoms with Crippen molar-refractivity contribution >= 4 is 11.3 Å². The minimum absolute atomic E-state index is 0.315. The number of hydrogen-bond acceptors (Lipinski definition) is 3. The summed E-state index contributed by atoms with van der Waals surface area (Å²) in [6.45, 7) is 4.79. The van der Waals surface area contributed by atoms with Gasteiger partial charge in [0.25, 0.3) is 0 Å². The lowest BCUT2D eigenvalue weighted by Crippen LogP contribution is -1.99. The summed E-state index contributed by atoms with van der Waals surface area (Å²) < 4.78 is 0. The fourth-order valence-corrected chi connectivity index (χ4v) is 2.14. The van der Waals surface area contributed by atoms with Gasteiger partial charge in [-0.05, 0) is 24.5 Å². The van der Waals surface area contributed by atoms with Crippen molar-refractivity contribution in [3.05, 3.63) is 21.9 Å². The van der Waals surface area contributed by atoms with E-state index in [0.29, 0.717) is 12.5 Å². The minimum Gasteiger partial charge on any atom is -0.388 e. The smallest absolute Gasteiger partial charge is 0.0884 e. The maximum absolute atomic E-state index is 9.77. The van der Waals surface area contributed by atoms with Gasteiger partial charge in [-0.3, -0.25) is 0 Å². The Balaban J connectivity index is 2.60. The van der Waals surface area contributed by atoms with Gasteiger partial charge in [0.1, 0.15) is 0 Å². The molecule has 2 nitrogen and oxygen atoms in total. The molecular weight excluding hydrogens is 182 g/mol. The zero-order valence-electron chi connectivity index (χ0n) is 8.16. The maximum Gasteiger partial charge on any atom is 0.0884 e. The van der Waals surface area contributed by atoms with Crippen LogP contribution in [0.3, 0.4) is 0 Å². The molecule has 0 bridgehead atoms. The summed E-state index contributed by atoms with van der Waals surface area (Å²) in [4.78, 5) is 2.17. The van der Waals surface area contributed by atoms with Gasteiger partial charge >= 0.3 is 0 Å². The monoisotopic (exact) mass is 199 g/mol. The van der Waals surface area contributed by atoms with Gasteiger partial charge in [-0.25, -0.2) is 0 Å². The van der Waals surface area contributed by atoms with Crippen molar-refractivity contribution < 1.29 is 5.11 Å². The Morgan fingerprint density at radius 3 is 2.62 bits per heavy atom. The minimum atomic E-state index is -0.315. The lowest BCUT2D eigenvalue weighted by Gasteiger charge is -2.10. The molecule has 0 amide bonds. The average Bonchev–Trinajstić information content (AvgIpc) is 2.50. The van der Waals surface area contributed by atoms with E-state index in [1.54, 1.807) is 11.3 Å². The van der Waals surface area contributed by atoms with E-state index in [-0.39, 0.29) is 6.10 Å². The van der Waals surface area contributed by atoms with Crippen LogP contribution in [0.2, 0.25) is 0 Å². The van der Waals surface area contributed by atoms with Crippen LogP contribution < -0.4 is 5.73 Å². The van der Waals surface area contributed by atoms with Crippen LogP contribution >= 0.6 is 11.3 Å². The highest BCUT2D eigenvalue weighted by atomic mass is 32.1. The van der Waals surface area contributed by atoms with E-state index in [1.165, 1.54) is 0 Å². The van der Waals surface area contributed by atoms with E-state index in [1.807, 2.05) is 12.1 Å². The third-order valence-electron chi connectivity index (χ3n) is 1.91. The van der Waals surface area contributed by atoms with Gasteiger partial charge < -0.3 is 10.8 Å². The number of rotatable bonds is 4. The Hall–Kier alpha value is -0.380. The lowest BCUT2D eigenvalue weighted by molar-refractivity contribution is 0.154. The molecule has 0 aliphatic carbocycles. The van der Waals surface area contributed by atoms with Crippen molar-refractivity contribution in [3.63, 3.8) is 0 Å². The Morgan fingerprint density at radius 2 is 2.15 bits per heavy atom. The first-order valence-electron chi connectivity index (χ1n) is 4.60. The average molecular weight is 199 g/mol. The topological polar surface area (TPSA) is 46.2 Å². The Labute approximate surface area is 83.4 Å². The Bertz CT molecular complexity index is 257. The standard InChI is InChI=1S/C10H17NOS/c1-7(2)5-9(12)10-4-3-8(6-11)13-10/h3-4,7,9,12H,5-6,11H2,1-2H3. The maximum atomic E-state index is 9.77. The first-order chi connectivity index (χ1) is 6.13. The fourth-order valence-electron chi connectivity index (χ4n) is 1.25. The van der Waals surface area contributed by atoms with Crippen molar-refractivity contribution in [1.82, 2.24) is 0 Å². The Morgan fingerprint density at radius 1 is 1.46 bits per heavy atom. The van der Waals surface area contributed by atoms with Crippen LogP contribution in [0.4, 0.5) is 0 Å². The number of thiophene rings is 1. The summed E-state index contributed by atoms with van der Waals surface area (Å²) >= 11 is 1.61. The zero-order valence-corrected chi connectivity index (χ0v) is 8.97. The van der Waals surface area contributed by atoms with Crippen LogP contribution in [0, 0.1) is 5.92 Å². The molecule has 1 rings (SSSR count). The van der Waals surface area contributed by atoms with Crippen molar-refractivity contribution in [2.45, 2.75) is 32.9 Å². The summed E-state index contributed by atoms with van der Waals surface area (Å²) in [6, 6.07) is 3.96. The van der Waals surface area contributed by atoms with Crippen LogP contribution in [0.25, 0.3) is 0 Å². The molecule has 0 spiro atoms. The molecule has 0 fully saturated rings. The number of hydrogen-bond donors (Lipinski definition) is 2. The normalized spacial score (nSPS) is 13.6. The summed E-state index contributed by atoms with van der Waals surface area (Å²) in [6.07, 6.45) is 0.509. The summed E-state index contributed by atoms with van der Waals surface area (Å²) in [5, 5.41) is 9.77. The van der Waals surface area contributed by atoms with Gasteiger partial charge in [-0.15, -0.1) is 11.3 Å². The van der Waals surface area contributed by atoms with Crippen LogP contribution in [-0.2, 0) is 6.54 Å². The molecule has 1 aromatic heterocycles. The van der Waals surface area contributed by atoms with Crippen molar-refractivity contribution in [1.29, 1.82) is 0 Å². The third kappa shape index (κ3) is 3.10. The summed E-state index contributed by atoms with van der Waals surface area (Å²) in [7, 11) is 0. The van der Waals surface area contributed by atoms with E-state index >= 15 is 0 Å². The summed E-state index contributed by atoms with van der Waals surface area (Å²) in [5.41, 5.74) is 5.49. The molecule has 0 aliphatic rings. The van der Waals surface area contributed by atoms with E-state index in [9.17, 15) is 5.11 Å². The molecule has 1 aromatic rings. The lowest BCUT2D eigenvalue weighted by atomic mass is 10.1. The molecule has 74 valence electrons. The van der Waals surface area contributed by atoms with Crippen LogP contribution in [0.15, 0.2) is 12.1 Å². The molecule has 0 aromatic carbocycles. The molecule has 1 heterocycles. The highest BCUT2D eigenvalue weighted by molar-refractivity contribution is 7.12. The number of aliphatic hydroxyl groups is 1. The van der Waals surface area contributed by atoms with Crippen molar-refractivity contribution in [2.24, 2.45) is 11.7 Å². The molecule has 0 radical (unpaired) electrons. The molecule has 3 N–H and O–H groups in total. The van der Waals surface area contributed by atoms with Crippen molar-refractivity contribution in [2.75, 3.05) is 0 Å². The number of aliphatic hydroxyl groups excluding tert-OH is 1. The molecule has 0 saturated heterocycles. The predicted molar refractivity (Wildman–Crippen MR) is 56.6 cm³/mol. The number of nitrogens with two attached hydrogens (primary N) is 1. The van der Waals surface area contributed by atoms with Gasteiger partial charge in [0.2, 0.25) is 0 Å². The van der Waals surface area contributed by atoms with Crippen LogP contribution in [0.1, 0.15) is 36.1 Å². The Kier molecular flexibility index (Phi) is 3.90. The highest BCUT2D eigenvalue weighted by Gasteiger charge is 2.11. The van der Waals surface area contributed by atoms with Gasteiger partial charge in [-0.2, -0.15) is 0 Å². The quantitative estimate of drug-likeness (QED) is 0.781. The molecule has 0 aliphatic heterocycles. The van der Waals surface area contributed by atoms with Gasteiger partial charge in [0.15, 0.2) is 0 Å². The second-order valence-corrected chi connectivity index (χ2v) is 4.85. The van der Waals surface area contributed by atoms with Crippen LogP contribution in [-0.4, -0.2) is 5.11 Å². The first kappa shape index (κ1) is 10.7. The fraction of sp³-hybridized carbons (Fsp3) is 0.600. The predicted octanol–water partition coefficient (Wildman–Crippen LogP) is 2.29. The van der Waals surface area contributed by atoms with Gasteiger partial charge in [0.05, 0.1) is 6.10 Å². The molecule has 0 saturated carbocycles. The second-order valence-electron chi connectivity index (χ2n) is 3.65. The van der Waals surface area contributed by atoms with Crippen molar-refractivity contribution in [3.8, 4) is 0 Å². The van der Waals surface area contributed by atoms with E-state index in [4.69, 9.17) is 5.73 Å². The highest BCUT2D eigenvalue weighted by Crippen LogP contribution is 2.27. The zero-order chi connectivity index (χ0) is 9.84. The molecule has 13 heavy (non-hydrogen) atoms. The molecular formula is C10H17NOS. The van der Waals surface area contributed by atoms with Gasteiger partial charge in [0, 0.05) is 16.3 Å². The summed E-state index contributed by atoms with van der Waals surface area (Å²) in [5.74, 6) is 0.526.